The average Bonchev–Trinajstić information content (AvgIpc) is 2.83. The van der Waals surface area contributed by atoms with E-state index in [0.29, 0.717) is 12.1 Å². The fourth-order valence-corrected chi connectivity index (χ4v) is 3.41. The van der Waals surface area contributed by atoms with Crippen LogP contribution in [0.5, 0.6) is 0 Å². The number of likely N-dealkylation sites (N-methyl/N-ethyl adjacent to an activating group) is 1. The van der Waals surface area contributed by atoms with E-state index in [1.807, 2.05) is 36.4 Å². The van der Waals surface area contributed by atoms with Gasteiger partial charge in [-0.25, -0.2) is 0 Å². The molecule has 1 saturated carbocycles. The first-order valence-electron chi connectivity index (χ1n) is 6.60. The van der Waals surface area contributed by atoms with Crippen LogP contribution in [0.3, 0.4) is 0 Å². The maximum absolute atomic E-state index is 10.5. The van der Waals surface area contributed by atoms with Gasteiger partial charge in [0.25, 0.3) is 0 Å². The van der Waals surface area contributed by atoms with Crippen molar-refractivity contribution in [3.63, 3.8) is 0 Å². The van der Waals surface area contributed by atoms with E-state index in [2.05, 4.69) is 6.07 Å². The molecule has 0 saturated heterocycles. The Labute approximate surface area is 119 Å². The first-order valence-corrected chi connectivity index (χ1v) is 7.83. The summed E-state index contributed by atoms with van der Waals surface area (Å²) in [7, 11) is 1.95. The summed E-state index contributed by atoms with van der Waals surface area (Å²) < 4.78 is 0. The Bertz CT molecular complexity index is 489. The zero-order chi connectivity index (χ0) is 13.9. The van der Waals surface area contributed by atoms with Gasteiger partial charge in [0, 0.05) is 18.5 Å². The van der Waals surface area contributed by atoms with Gasteiger partial charge in [-0.3, -0.25) is 0 Å². The van der Waals surface area contributed by atoms with Crippen LogP contribution >= 0.6 is 11.8 Å². The SMILES string of the molecule is CSc1cccc(N(C)CC2(O)CCCC2)c1C#N. The minimum atomic E-state index is -0.586. The Balaban J connectivity index is 2.24. The quantitative estimate of drug-likeness (QED) is 0.859. The molecule has 1 fully saturated rings. The van der Waals surface area contributed by atoms with E-state index in [1.54, 1.807) is 11.8 Å². The summed E-state index contributed by atoms with van der Waals surface area (Å²) in [5.41, 5.74) is 1.03. The minimum Gasteiger partial charge on any atom is -0.388 e. The Kier molecular flexibility index (Phi) is 4.38. The second-order valence-electron chi connectivity index (χ2n) is 5.25. The number of thioether (sulfide) groups is 1. The van der Waals surface area contributed by atoms with E-state index in [-0.39, 0.29) is 0 Å². The van der Waals surface area contributed by atoms with Gasteiger partial charge < -0.3 is 10.0 Å². The van der Waals surface area contributed by atoms with E-state index in [4.69, 9.17) is 0 Å². The Hall–Kier alpha value is -1.18. The smallest absolute Gasteiger partial charge is 0.102 e. The molecule has 102 valence electrons. The molecule has 0 amide bonds. The van der Waals surface area contributed by atoms with Crippen molar-refractivity contribution < 1.29 is 5.11 Å². The third-order valence-electron chi connectivity index (χ3n) is 3.81. The normalized spacial score (nSPS) is 17.2. The molecule has 0 atom stereocenters. The van der Waals surface area contributed by atoms with Crippen LogP contribution < -0.4 is 4.90 Å². The highest BCUT2D eigenvalue weighted by Gasteiger charge is 2.32. The summed E-state index contributed by atoms with van der Waals surface area (Å²) in [5, 5.41) is 19.8. The lowest BCUT2D eigenvalue weighted by Crippen LogP contribution is -2.39. The zero-order valence-electron chi connectivity index (χ0n) is 11.5. The number of nitriles is 1. The fourth-order valence-electron chi connectivity index (χ4n) is 2.84. The van der Waals surface area contributed by atoms with Crippen molar-refractivity contribution in [2.24, 2.45) is 0 Å². The van der Waals surface area contributed by atoms with Crippen molar-refractivity contribution in [3.05, 3.63) is 23.8 Å². The standard InChI is InChI=1S/C15H20N2OS/c1-17(11-15(18)8-3-4-9-15)13-6-5-7-14(19-2)12(13)10-16/h5-7,18H,3-4,8-9,11H2,1-2H3. The first kappa shape index (κ1) is 14.2. The lowest BCUT2D eigenvalue weighted by molar-refractivity contribution is 0.0559. The van der Waals surface area contributed by atoms with Gasteiger partial charge in [-0.15, -0.1) is 11.8 Å². The van der Waals surface area contributed by atoms with Crippen molar-refractivity contribution in [1.82, 2.24) is 0 Å². The predicted molar refractivity (Wildman–Crippen MR) is 79.6 cm³/mol. The summed E-state index contributed by atoms with van der Waals surface area (Å²) in [4.78, 5) is 3.01. The van der Waals surface area contributed by atoms with E-state index in [0.717, 1.165) is 36.3 Å². The summed E-state index contributed by atoms with van der Waals surface area (Å²) in [6, 6.07) is 8.18. The van der Waals surface area contributed by atoms with E-state index in [9.17, 15) is 10.4 Å². The van der Waals surface area contributed by atoms with Crippen LogP contribution in [-0.2, 0) is 0 Å². The molecule has 0 unspecified atom stereocenters. The molecule has 0 spiro atoms. The molecular weight excluding hydrogens is 256 g/mol. The van der Waals surface area contributed by atoms with Crippen molar-refractivity contribution in [1.29, 1.82) is 5.26 Å². The van der Waals surface area contributed by atoms with Gasteiger partial charge >= 0.3 is 0 Å². The predicted octanol–water partition coefficient (Wildman–Crippen LogP) is 3.02. The maximum atomic E-state index is 10.5. The lowest BCUT2D eigenvalue weighted by atomic mass is 10.0. The van der Waals surface area contributed by atoms with Crippen LogP contribution in [0.1, 0.15) is 31.2 Å². The molecule has 1 N–H and O–H groups in total. The molecule has 0 aromatic heterocycles. The van der Waals surface area contributed by atoms with Crippen LogP contribution in [0.25, 0.3) is 0 Å². The number of aliphatic hydroxyl groups is 1. The molecule has 0 aliphatic heterocycles. The van der Waals surface area contributed by atoms with Crippen molar-refractivity contribution in [2.45, 2.75) is 36.2 Å². The number of anilines is 1. The number of hydrogen-bond donors (Lipinski definition) is 1. The van der Waals surface area contributed by atoms with Gasteiger partial charge in [0.2, 0.25) is 0 Å². The number of rotatable bonds is 4. The molecule has 3 nitrogen and oxygen atoms in total. The summed E-state index contributed by atoms with van der Waals surface area (Å²) in [6.45, 7) is 0.597. The highest BCUT2D eigenvalue weighted by Crippen LogP contribution is 2.33. The topological polar surface area (TPSA) is 47.3 Å². The van der Waals surface area contributed by atoms with Crippen molar-refractivity contribution in [3.8, 4) is 6.07 Å². The molecule has 0 radical (unpaired) electrons. The van der Waals surface area contributed by atoms with Crippen LogP contribution in [0.15, 0.2) is 23.1 Å². The van der Waals surface area contributed by atoms with Gasteiger partial charge in [-0.2, -0.15) is 5.26 Å². The second kappa shape index (κ2) is 5.85. The van der Waals surface area contributed by atoms with Crippen molar-refractivity contribution in [2.75, 3.05) is 24.7 Å². The molecule has 1 aliphatic rings. The monoisotopic (exact) mass is 276 g/mol. The lowest BCUT2D eigenvalue weighted by Gasteiger charge is -2.30. The minimum absolute atomic E-state index is 0.586. The highest BCUT2D eigenvalue weighted by atomic mass is 32.2. The Morgan fingerprint density at radius 3 is 2.68 bits per heavy atom. The second-order valence-corrected chi connectivity index (χ2v) is 6.10. The van der Waals surface area contributed by atoms with E-state index >= 15 is 0 Å². The van der Waals surface area contributed by atoms with E-state index in [1.165, 1.54) is 0 Å². The van der Waals surface area contributed by atoms with Crippen LogP contribution in [0, 0.1) is 11.3 Å². The van der Waals surface area contributed by atoms with Gasteiger partial charge in [-0.1, -0.05) is 18.9 Å². The molecule has 0 bridgehead atoms. The summed E-state index contributed by atoms with van der Waals surface area (Å²) in [6.07, 6.45) is 5.90. The molecule has 1 aromatic carbocycles. The highest BCUT2D eigenvalue weighted by molar-refractivity contribution is 7.98. The van der Waals surface area contributed by atoms with Crippen LogP contribution in [0.4, 0.5) is 5.69 Å². The molecule has 4 heteroatoms. The Morgan fingerprint density at radius 1 is 1.42 bits per heavy atom. The van der Waals surface area contributed by atoms with Gasteiger partial charge in [0.05, 0.1) is 16.9 Å². The largest absolute Gasteiger partial charge is 0.388 e. The van der Waals surface area contributed by atoms with Crippen LogP contribution in [0.2, 0.25) is 0 Å². The third kappa shape index (κ3) is 3.05. The summed E-state index contributed by atoms with van der Waals surface area (Å²) in [5.74, 6) is 0. The van der Waals surface area contributed by atoms with Gasteiger partial charge in [0.1, 0.15) is 6.07 Å². The number of benzene rings is 1. The third-order valence-corrected chi connectivity index (χ3v) is 4.59. The van der Waals surface area contributed by atoms with Crippen LogP contribution in [-0.4, -0.2) is 30.6 Å². The molecule has 19 heavy (non-hydrogen) atoms. The molecule has 2 rings (SSSR count). The first-order chi connectivity index (χ1) is 9.09. The Morgan fingerprint density at radius 2 is 2.11 bits per heavy atom. The molecular formula is C15H20N2OS. The van der Waals surface area contributed by atoms with Gasteiger partial charge in [-0.05, 0) is 31.2 Å². The molecule has 1 aromatic rings. The van der Waals surface area contributed by atoms with E-state index < -0.39 is 5.60 Å². The number of nitrogens with zero attached hydrogens (tertiary/aromatic N) is 2. The molecule has 0 heterocycles. The average molecular weight is 276 g/mol. The van der Waals surface area contributed by atoms with Gasteiger partial charge in [0.15, 0.2) is 0 Å². The summed E-state index contributed by atoms with van der Waals surface area (Å²) >= 11 is 1.58. The van der Waals surface area contributed by atoms with Crippen molar-refractivity contribution >= 4 is 17.4 Å². The number of hydrogen-bond acceptors (Lipinski definition) is 4. The fraction of sp³-hybridized carbons (Fsp3) is 0.533. The zero-order valence-corrected chi connectivity index (χ0v) is 12.3. The molecule has 1 aliphatic carbocycles. The maximum Gasteiger partial charge on any atom is 0.102 e.